The van der Waals surface area contributed by atoms with Crippen LogP contribution in [0.1, 0.15) is 12.0 Å². The van der Waals surface area contributed by atoms with Crippen LogP contribution in [0, 0.1) is 0 Å². The fourth-order valence-electron chi connectivity index (χ4n) is 1.73. The number of benzene rings is 2. The molecule has 1 nitrogen and oxygen atoms in total. The van der Waals surface area contributed by atoms with E-state index in [9.17, 15) is 0 Å². The number of rotatable bonds is 3. The van der Waals surface area contributed by atoms with Gasteiger partial charge in [0, 0.05) is 5.02 Å². The molecular formula is C13H14ClN. The van der Waals surface area contributed by atoms with Crippen LogP contribution in [-0.4, -0.2) is 6.54 Å². The van der Waals surface area contributed by atoms with Gasteiger partial charge in [-0.2, -0.15) is 0 Å². The molecule has 0 amide bonds. The molecule has 0 aliphatic carbocycles. The lowest BCUT2D eigenvalue weighted by Gasteiger charge is -2.03. The lowest BCUT2D eigenvalue weighted by molar-refractivity contribution is 0.833. The Balaban J connectivity index is 2.36. The average Bonchev–Trinajstić information content (AvgIpc) is 2.25. The largest absolute Gasteiger partial charge is 0.330 e. The molecular weight excluding hydrogens is 206 g/mol. The predicted octanol–water partition coefficient (Wildman–Crippen LogP) is 3.38. The minimum absolute atomic E-state index is 0.744. The lowest BCUT2D eigenvalue weighted by atomic mass is 10.0. The Hall–Kier alpha value is -1.05. The van der Waals surface area contributed by atoms with E-state index in [1.807, 2.05) is 18.2 Å². The number of halogens is 1. The van der Waals surface area contributed by atoms with Crippen LogP contribution in [0.3, 0.4) is 0 Å². The summed E-state index contributed by atoms with van der Waals surface area (Å²) < 4.78 is 0. The molecule has 0 radical (unpaired) electrons. The Labute approximate surface area is 94.9 Å². The van der Waals surface area contributed by atoms with E-state index in [0.717, 1.165) is 24.4 Å². The minimum atomic E-state index is 0.744. The molecule has 0 unspecified atom stereocenters. The normalized spacial score (nSPS) is 10.8. The van der Waals surface area contributed by atoms with Crippen LogP contribution in [-0.2, 0) is 6.42 Å². The molecule has 0 bridgehead atoms. The van der Waals surface area contributed by atoms with Crippen molar-refractivity contribution in [3.05, 3.63) is 47.0 Å². The van der Waals surface area contributed by atoms with E-state index < -0.39 is 0 Å². The zero-order valence-electron chi connectivity index (χ0n) is 8.54. The van der Waals surface area contributed by atoms with Crippen LogP contribution in [0.5, 0.6) is 0 Å². The molecule has 0 atom stereocenters. The molecule has 0 aliphatic rings. The third-order valence-electron chi connectivity index (χ3n) is 2.54. The van der Waals surface area contributed by atoms with Crippen molar-refractivity contribution >= 4 is 22.4 Å². The van der Waals surface area contributed by atoms with Gasteiger partial charge in [0.25, 0.3) is 0 Å². The van der Waals surface area contributed by atoms with Crippen LogP contribution in [0.2, 0.25) is 5.02 Å². The van der Waals surface area contributed by atoms with Crippen molar-refractivity contribution in [2.45, 2.75) is 12.8 Å². The van der Waals surface area contributed by atoms with Crippen LogP contribution in [0.15, 0.2) is 36.4 Å². The first-order chi connectivity index (χ1) is 7.29. The lowest BCUT2D eigenvalue weighted by Crippen LogP contribution is -2.00. The third-order valence-corrected chi connectivity index (χ3v) is 2.77. The predicted molar refractivity (Wildman–Crippen MR) is 66.3 cm³/mol. The third kappa shape index (κ3) is 2.49. The van der Waals surface area contributed by atoms with Gasteiger partial charge in [0.05, 0.1) is 0 Å². The number of hydrogen-bond acceptors (Lipinski definition) is 1. The Morgan fingerprint density at radius 1 is 1.00 bits per heavy atom. The van der Waals surface area contributed by atoms with Crippen molar-refractivity contribution in [3.8, 4) is 0 Å². The maximum atomic E-state index is 5.96. The highest BCUT2D eigenvalue weighted by molar-refractivity contribution is 6.31. The van der Waals surface area contributed by atoms with Gasteiger partial charge in [0.1, 0.15) is 0 Å². The van der Waals surface area contributed by atoms with E-state index >= 15 is 0 Å². The van der Waals surface area contributed by atoms with Crippen molar-refractivity contribution < 1.29 is 0 Å². The first-order valence-corrected chi connectivity index (χ1v) is 5.55. The fourth-order valence-corrected chi connectivity index (χ4v) is 1.91. The maximum Gasteiger partial charge on any atom is 0.0412 e. The Morgan fingerprint density at radius 3 is 2.60 bits per heavy atom. The van der Waals surface area contributed by atoms with Gasteiger partial charge in [-0.3, -0.25) is 0 Å². The summed E-state index contributed by atoms with van der Waals surface area (Å²) in [6, 6.07) is 12.5. The molecule has 0 spiro atoms. The quantitative estimate of drug-likeness (QED) is 0.842. The number of hydrogen-bond donors (Lipinski definition) is 1. The van der Waals surface area contributed by atoms with E-state index in [1.165, 1.54) is 16.3 Å². The first-order valence-electron chi connectivity index (χ1n) is 5.18. The van der Waals surface area contributed by atoms with Crippen LogP contribution < -0.4 is 5.73 Å². The fraction of sp³-hybridized carbons (Fsp3) is 0.231. The second kappa shape index (κ2) is 4.65. The van der Waals surface area contributed by atoms with E-state index in [2.05, 4.69) is 18.2 Å². The topological polar surface area (TPSA) is 26.0 Å². The molecule has 2 heteroatoms. The molecule has 0 aliphatic heterocycles. The molecule has 0 saturated heterocycles. The average molecular weight is 220 g/mol. The van der Waals surface area contributed by atoms with Gasteiger partial charge in [0.2, 0.25) is 0 Å². The van der Waals surface area contributed by atoms with Gasteiger partial charge in [0.15, 0.2) is 0 Å². The molecule has 78 valence electrons. The van der Waals surface area contributed by atoms with Crippen LogP contribution in [0.25, 0.3) is 10.8 Å². The van der Waals surface area contributed by atoms with Gasteiger partial charge in [-0.1, -0.05) is 35.9 Å². The highest BCUT2D eigenvalue weighted by Crippen LogP contribution is 2.21. The summed E-state index contributed by atoms with van der Waals surface area (Å²) in [5, 5.41) is 3.23. The van der Waals surface area contributed by atoms with Crippen molar-refractivity contribution in [1.29, 1.82) is 0 Å². The molecule has 2 aromatic rings. The van der Waals surface area contributed by atoms with Gasteiger partial charge < -0.3 is 5.73 Å². The zero-order chi connectivity index (χ0) is 10.7. The molecule has 2 rings (SSSR count). The van der Waals surface area contributed by atoms with Gasteiger partial charge in [-0.25, -0.2) is 0 Å². The summed E-state index contributed by atoms with van der Waals surface area (Å²) in [6.07, 6.45) is 2.07. The molecule has 0 fully saturated rings. The summed E-state index contributed by atoms with van der Waals surface area (Å²) in [5.74, 6) is 0. The Morgan fingerprint density at radius 2 is 1.80 bits per heavy atom. The van der Waals surface area contributed by atoms with Crippen LogP contribution in [0.4, 0.5) is 0 Å². The van der Waals surface area contributed by atoms with Crippen molar-refractivity contribution in [2.75, 3.05) is 6.54 Å². The van der Waals surface area contributed by atoms with Crippen molar-refractivity contribution in [2.24, 2.45) is 5.73 Å². The molecule has 2 N–H and O–H groups in total. The Kier molecular flexibility index (Phi) is 3.24. The zero-order valence-corrected chi connectivity index (χ0v) is 9.30. The summed E-state index contributed by atoms with van der Waals surface area (Å²) in [7, 11) is 0. The Bertz CT molecular complexity index is 465. The monoisotopic (exact) mass is 219 g/mol. The van der Waals surface area contributed by atoms with E-state index in [0.29, 0.717) is 0 Å². The van der Waals surface area contributed by atoms with Gasteiger partial charge >= 0.3 is 0 Å². The van der Waals surface area contributed by atoms with E-state index in [4.69, 9.17) is 17.3 Å². The summed E-state index contributed by atoms with van der Waals surface area (Å²) >= 11 is 5.96. The maximum absolute atomic E-state index is 5.96. The summed E-state index contributed by atoms with van der Waals surface area (Å²) in [4.78, 5) is 0. The van der Waals surface area contributed by atoms with Crippen LogP contribution >= 0.6 is 11.6 Å². The second-order valence-corrected chi connectivity index (χ2v) is 4.15. The standard InChI is InChI=1S/C13H14ClN/c14-13-6-5-11-4-3-10(2-1-7-15)8-12(11)9-13/h3-6,8-9H,1-2,7,15H2. The highest BCUT2D eigenvalue weighted by atomic mass is 35.5. The van der Waals surface area contributed by atoms with Gasteiger partial charge in [-0.15, -0.1) is 0 Å². The molecule has 0 aromatic heterocycles. The summed E-state index contributed by atoms with van der Waals surface area (Å²) in [6.45, 7) is 0.744. The second-order valence-electron chi connectivity index (χ2n) is 3.72. The summed E-state index contributed by atoms with van der Waals surface area (Å²) in [5.41, 5.74) is 6.82. The number of fused-ring (bicyclic) bond motifs is 1. The highest BCUT2D eigenvalue weighted by Gasteiger charge is 1.97. The smallest absolute Gasteiger partial charge is 0.0412 e. The van der Waals surface area contributed by atoms with Gasteiger partial charge in [-0.05, 0) is 47.9 Å². The van der Waals surface area contributed by atoms with E-state index in [-0.39, 0.29) is 0 Å². The van der Waals surface area contributed by atoms with E-state index in [1.54, 1.807) is 0 Å². The molecule has 0 saturated carbocycles. The molecule has 0 heterocycles. The van der Waals surface area contributed by atoms with Crippen molar-refractivity contribution in [1.82, 2.24) is 0 Å². The molecule has 2 aromatic carbocycles. The SMILES string of the molecule is NCCCc1ccc2ccc(Cl)cc2c1. The van der Waals surface area contributed by atoms with Crippen molar-refractivity contribution in [3.63, 3.8) is 0 Å². The minimum Gasteiger partial charge on any atom is -0.330 e. The first kappa shape index (κ1) is 10.5. The number of aryl methyl sites for hydroxylation is 1. The number of nitrogens with two attached hydrogens (primary N) is 1. The molecule has 15 heavy (non-hydrogen) atoms.